The lowest BCUT2D eigenvalue weighted by atomic mass is 9.99. The summed E-state index contributed by atoms with van der Waals surface area (Å²) < 4.78 is 0. The Morgan fingerprint density at radius 2 is 1.81 bits per heavy atom. The standard InChI is InChI=1S/C14H9N5O2/c15-6-8-9(7-4-2-1-3-5-7)10-11(17-12(8)20)18-14(16)19-13(10)21/h1-5H,(H4,16,17,18,19,20,21). The van der Waals surface area contributed by atoms with Crippen molar-refractivity contribution < 1.29 is 0 Å². The molecule has 2 heterocycles. The number of nitrogens with zero attached hydrogens (tertiary/aromatic N) is 2. The number of nitrogen functional groups attached to an aromatic ring is 1. The Labute approximate surface area is 117 Å². The summed E-state index contributed by atoms with van der Waals surface area (Å²) in [5.41, 5.74) is 5.12. The van der Waals surface area contributed by atoms with Gasteiger partial charge >= 0.3 is 0 Å². The number of aromatic nitrogens is 3. The van der Waals surface area contributed by atoms with E-state index in [4.69, 9.17) is 5.73 Å². The number of pyridine rings is 1. The Hall–Kier alpha value is -3.40. The third-order valence-corrected chi connectivity index (χ3v) is 3.07. The predicted octanol–water partition coefficient (Wildman–Crippen LogP) is 0.732. The van der Waals surface area contributed by atoms with E-state index in [1.54, 1.807) is 30.3 Å². The van der Waals surface area contributed by atoms with Gasteiger partial charge in [0.05, 0.1) is 5.39 Å². The molecule has 0 unspecified atom stereocenters. The molecule has 2 aromatic heterocycles. The smallest absolute Gasteiger partial charge is 0.268 e. The molecule has 4 N–H and O–H groups in total. The van der Waals surface area contributed by atoms with Crippen molar-refractivity contribution >= 4 is 17.0 Å². The van der Waals surface area contributed by atoms with Gasteiger partial charge in [-0.15, -0.1) is 0 Å². The molecule has 1 aromatic carbocycles. The van der Waals surface area contributed by atoms with Crippen LogP contribution in [0.25, 0.3) is 22.2 Å². The van der Waals surface area contributed by atoms with E-state index in [-0.39, 0.29) is 28.1 Å². The van der Waals surface area contributed by atoms with E-state index in [0.29, 0.717) is 5.56 Å². The molecule has 7 nitrogen and oxygen atoms in total. The highest BCUT2D eigenvalue weighted by Gasteiger charge is 2.17. The maximum Gasteiger partial charge on any atom is 0.268 e. The molecule has 21 heavy (non-hydrogen) atoms. The highest BCUT2D eigenvalue weighted by molar-refractivity contribution is 5.95. The van der Waals surface area contributed by atoms with E-state index in [9.17, 15) is 14.9 Å². The predicted molar refractivity (Wildman–Crippen MR) is 77.5 cm³/mol. The molecule has 0 amide bonds. The minimum atomic E-state index is -0.610. The normalized spacial score (nSPS) is 10.4. The third kappa shape index (κ3) is 1.95. The third-order valence-electron chi connectivity index (χ3n) is 3.07. The van der Waals surface area contributed by atoms with Gasteiger partial charge in [-0.05, 0) is 5.56 Å². The first-order chi connectivity index (χ1) is 10.1. The summed E-state index contributed by atoms with van der Waals surface area (Å²) in [6.45, 7) is 0. The van der Waals surface area contributed by atoms with Crippen LogP contribution in [-0.4, -0.2) is 15.0 Å². The summed E-state index contributed by atoms with van der Waals surface area (Å²) in [4.78, 5) is 32.9. The Bertz CT molecular complexity index is 996. The zero-order valence-electron chi connectivity index (χ0n) is 10.7. The van der Waals surface area contributed by atoms with Crippen LogP contribution in [-0.2, 0) is 0 Å². The number of hydrogen-bond acceptors (Lipinski definition) is 5. The lowest BCUT2D eigenvalue weighted by Gasteiger charge is -2.07. The molecule has 0 spiro atoms. The Morgan fingerprint density at radius 1 is 1.10 bits per heavy atom. The number of nitrogens with one attached hydrogen (secondary N) is 2. The van der Waals surface area contributed by atoms with Gasteiger partial charge < -0.3 is 10.7 Å². The number of rotatable bonds is 1. The first kappa shape index (κ1) is 12.6. The van der Waals surface area contributed by atoms with Gasteiger partial charge in [-0.1, -0.05) is 30.3 Å². The van der Waals surface area contributed by atoms with Gasteiger partial charge in [0, 0.05) is 5.56 Å². The maximum atomic E-state index is 12.2. The van der Waals surface area contributed by atoms with Gasteiger partial charge in [-0.2, -0.15) is 10.2 Å². The Kier molecular flexibility index (Phi) is 2.77. The highest BCUT2D eigenvalue weighted by atomic mass is 16.1. The van der Waals surface area contributed by atoms with Crippen molar-refractivity contribution in [1.82, 2.24) is 15.0 Å². The van der Waals surface area contributed by atoms with Gasteiger partial charge in [0.25, 0.3) is 11.1 Å². The van der Waals surface area contributed by atoms with Crippen molar-refractivity contribution in [3.05, 3.63) is 56.6 Å². The second-order valence-electron chi connectivity index (χ2n) is 4.36. The van der Waals surface area contributed by atoms with Crippen molar-refractivity contribution in [2.75, 3.05) is 5.73 Å². The molecule has 0 aliphatic heterocycles. The fourth-order valence-corrected chi connectivity index (χ4v) is 2.22. The van der Waals surface area contributed by atoms with Crippen LogP contribution in [0.3, 0.4) is 0 Å². The number of H-pyrrole nitrogens is 2. The summed E-state index contributed by atoms with van der Waals surface area (Å²) >= 11 is 0. The van der Waals surface area contributed by atoms with E-state index < -0.39 is 11.1 Å². The second kappa shape index (κ2) is 4.61. The van der Waals surface area contributed by atoms with E-state index in [0.717, 1.165) is 0 Å². The van der Waals surface area contributed by atoms with Crippen molar-refractivity contribution in [2.24, 2.45) is 0 Å². The van der Waals surface area contributed by atoms with Gasteiger partial charge in [0.1, 0.15) is 17.3 Å². The number of fused-ring (bicyclic) bond motifs is 1. The van der Waals surface area contributed by atoms with Crippen LogP contribution >= 0.6 is 0 Å². The lowest BCUT2D eigenvalue weighted by molar-refractivity contribution is 1.14. The fourth-order valence-electron chi connectivity index (χ4n) is 2.22. The Morgan fingerprint density at radius 3 is 2.48 bits per heavy atom. The zero-order chi connectivity index (χ0) is 15.0. The monoisotopic (exact) mass is 279 g/mol. The largest absolute Gasteiger partial charge is 0.369 e. The van der Waals surface area contributed by atoms with Crippen LogP contribution in [0.4, 0.5) is 5.95 Å². The number of benzene rings is 1. The molecular formula is C14H9N5O2. The molecule has 0 radical (unpaired) electrons. The van der Waals surface area contributed by atoms with Crippen LogP contribution in [0.5, 0.6) is 0 Å². The van der Waals surface area contributed by atoms with Crippen LogP contribution in [0, 0.1) is 11.3 Å². The molecule has 3 rings (SSSR count). The zero-order valence-corrected chi connectivity index (χ0v) is 10.7. The highest BCUT2D eigenvalue weighted by Crippen LogP contribution is 2.26. The number of aromatic amines is 2. The summed E-state index contributed by atoms with van der Waals surface area (Å²) in [7, 11) is 0. The number of nitriles is 1. The molecule has 0 saturated carbocycles. The van der Waals surface area contributed by atoms with Gasteiger partial charge in [0.15, 0.2) is 0 Å². The van der Waals surface area contributed by atoms with Crippen LogP contribution in [0.1, 0.15) is 5.56 Å². The van der Waals surface area contributed by atoms with Crippen molar-refractivity contribution in [1.29, 1.82) is 5.26 Å². The number of hydrogen-bond donors (Lipinski definition) is 3. The van der Waals surface area contributed by atoms with Crippen molar-refractivity contribution in [3.63, 3.8) is 0 Å². The molecule has 0 saturated heterocycles. The minimum Gasteiger partial charge on any atom is -0.369 e. The maximum absolute atomic E-state index is 12.2. The van der Waals surface area contributed by atoms with Gasteiger partial charge in [-0.3, -0.25) is 14.6 Å². The molecule has 0 fully saturated rings. The van der Waals surface area contributed by atoms with Crippen molar-refractivity contribution in [3.8, 4) is 17.2 Å². The second-order valence-corrected chi connectivity index (χ2v) is 4.36. The van der Waals surface area contributed by atoms with Crippen molar-refractivity contribution in [2.45, 2.75) is 0 Å². The average molecular weight is 279 g/mol. The molecule has 0 aliphatic carbocycles. The first-order valence-electron chi connectivity index (χ1n) is 6.03. The SMILES string of the molecule is N#Cc1c(-c2ccccc2)c2c(=O)[nH]c(N)nc2[nH]c1=O. The molecule has 102 valence electrons. The van der Waals surface area contributed by atoms with Crippen LogP contribution < -0.4 is 16.9 Å². The summed E-state index contributed by atoms with van der Waals surface area (Å²) in [6.07, 6.45) is 0. The molecule has 0 bridgehead atoms. The van der Waals surface area contributed by atoms with Gasteiger partial charge in [-0.25, -0.2) is 0 Å². The van der Waals surface area contributed by atoms with E-state index in [1.807, 2.05) is 6.07 Å². The summed E-state index contributed by atoms with van der Waals surface area (Å²) in [5, 5.41) is 9.37. The molecule has 0 atom stereocenters. The summed E-state index contributed by atoms with van der Waals surface area (Å²) in [5.74, 6) is -0.105. The van der Waals surface area contributed by atoms with Crippen LogP contribution in [0.15, 0.2) is 39.9 Å². The fraction of sp³-hybridized carbons (Fsp3) is 0. The van der Waals surface area contributed by atoms with Gasteiger partial charge in [0.2, 0.25) is 5.95 Å². The molecule has 0 aliphatic rings. The van der Waals surface area contributed by atoms with E-state index >= 15 is 0 Å². The Balaban J connectivity index is 2.61. The first-order valence-corrected chi connectivity index (χ1v) is 6.03. The molecular weight excluding hydrogens is 270 g/mol. The van der Waals surface area contributed by atoms with Crippen LogP contribution in [0.2, 0.25) is 0 Å². The molecule has 7 heteroatoms. The topological polar surface area (TPSA) is 128 Å². The number of nitrogens with two attached hydrogens (primary N) is 1. The van der Waals surface area contributed by atoms with E-state index in [2.05, 4.69) is 15.0 Å². The number of anilines is 1. The molecule has 3 aromatic rings. The lowest BCUT2D eigenvalue weighted by Crippen LogP contribution is -2.19. The van der Waals surface area contributed by atoms with E-state index in [1.165, 1.54) is 0 Å². The minimum absolute atomic E-state index is 0.0547. The quantitative estimate of drug-likeness (QED) is 0.605. The summed E-state index contributed by atoms with van der Waals surface area (Å²) in [6, 6.07) is 10.6. The average Bonchev–Trinajstić information content (AvgIpc) is 2.46.